The maximum Gasteiger partial charge on any atom is 0.229 e. The normalized spacial score (nSPS) is 17.4. The number of halogens is 2. The Morgan fingerprint density at radius 1 is 1.13 bits per heavy atom. The quantitative estimate of drug-likeness (QED) is 0.735. The van der Waals surface area contributed by atoms with Crippen LogP contribution >= 0.6 is 34.2 Å². The maximum absolute atomic E-state index is 12.4. The van der Waals surface area contributed by atoms with E-state index in [1.165, 1.54) is 0 Å². The Morgan fingerprint density at radius 3 is 2.43 bits per heavy atom. The van der Waals surface area contributed by atoms with Crippen LogP contribution in [0.3, 0.4) is 0 Å². The van der Waals surface area contributed by atoms with E-state index < -0.39 is 0 Å². The molecular formula is C17H14ClIN2O2. The van der Waals surface area contributed by atoms with Crippen LogP contribution in [0.15, 0.2) is 48.5 Å². The van der Waals surface area contributed by atoms with E-state index in [1.807, 2.05) is 24.3 Å². The van der Waals surface area contributed by atoms with Crippen molar-refractivity contribution in [3.8, 4) is 0 Å². The largest absolute Gasteiger partial charge is 0.326 e. The molecule has 0 aromatic heterocycles. The molecule has 1 atom stereocenters. The first-order valence-corrected chi connectivity index (χ1v) is 8.61. The Balaban J connectivity index is 1.68. The van der Waals surface area contributed by atoms with E-state index in [2.05, 4.69) is 27.9 Å². The molecule has 2 amide bonds. The van der Waals surface area contributed by atoms with Crippen molar-refractivity contribution >= 4 is 57.4 Å². The van der Waals surface area contributed by atoms with E-state index in [0.29, 0.717) is 11.6 Å². The molecule has 0 bridgehead atoms. The SMILES string of the molecule is O=C(Nc1ccc(I)cc1)C1CC(=O)N(c2ccc(Cl)cc2)C1. The lowest BCUT2D eigenvalue weighted by atomic mass is 10.1. The lowest BCUT2D eigenvalue weighted by molar-refractivity contribution is -0.122. The number of carbonyl (C=O) groups is 2. The van der Waals surface area contributed by atoms with E-state index >= 15 is 0 Å². The third-order valence-electron chi connectivity index (χ3n) is 3.75. The van der Waals surface area contributed by atoms with Gasteiger partial charge in [0.05, 0.1) is 5.92 Å². The summed E-state index contributed by atoms with van der Waals surface area (Å²) >= 11 is 8.08. The lowest BCUT2D eigenvalue weighted by Crippen LogP contribution is -2.28. The first kappa shape index (κ1) is 16.3. The van der Waals surface area contributed by atoms with Gasteiger partial charge in [-0.05, 0) is 71.1 Å². The number of nitrogens with zero attached hydrogens (tertiary/aromatic N) is 1. The summed E-state index contributed by atoms with van der Waals surface area (Å²) in [6, 6.07) is 14.6. The van der Waals surface area contributed by atoms with Gasteiger partial charge in [0.1, 0.15) is 0 Å². The number of carbonyl (C=O) groups excluding carboxylic acids is 2. The summed E-state index contributed by atoms with van der Waals surface area (Å²) < 4.78 is 1.10. The number of anilines is 2. The standard InChI is InChI=1S/C17H14ClIN2O2/c18-12-1-7-15(8-2-12)21-10-11(9-16(21)22)17(23)20-14-5-3-13(19)4-6-14/h1-8,11H,9-10H2,(H,20,23). The summed E-state index contributed by atoms with van der Waals surface area (Å²) in [7, 11) is 0. The number of hydrogen-bond donors (Lipinski definition) is 1. The molecule has 23 heavy (non-hydrogen) atoms. The van der Waals surface area contributed by atoms with Gasteiger partial charge in [0.2, 0.25) is 11.8 Å². The smallest absolute Gasteiger partial charge is 0.229 e. The van der Waals surface area contributed by atoms with Gasteiger partial charge in [-0.3, -0.25) is 9.59 Å². The lowest BCUT2D eigenvalue weighted by Gasteiger charge is -2.16. The molecule has 2 aromatic carbocycles. The third-order valence-corrected chi connectivity index (χ3v) is 4.72. The van der Waals surface area contributed by atoms with Gasteiger partial charge < -0.3 is 10.2 Å². The van der Waals surface area contributed by atoms with E-state index in [4.69, 9.17) is 11.6 Å². The summed E-state index contributed by atoms with van der Waals surface area (Å²) in [6.07, 6.45) is 0.221. The van der Waals surface area contributed by atoms with Gasteiger partial charge in [-0.1, -0.05) is 11.6 Å². The van der Waals surface area contributed by atoms with Crippen molar-refractivity contribution in [2.24, 2.45) is 5.92 Å². The van der Waals surface area contributed by atoms with Crippen molar-refractivity contribution in [3.05, 3.63) is 57.1 Å². The molecule has 1 aliphatic heterocycles. The molecule has 0 spiro atoms. The Hall–Kier alpha value is -1.60. The number of hydrogen-bond acceptors (Lipinski definition) is 2. The molecule has 3 rings (SSSR count). The van der Waals surface area contributed by atoms with Crippen molar-refractivity contribution in [1.29, 1.82) is 0 Å². The zero-order valence-corrected chi connectivity index (χ0v) is 15.0. The van der Waals surface area contributed by atoms with Crippen molar-refractivity contribution in [2.75, 3.05) is 16.8 Å². The summed E-state index contributed by atoms with van der Waals surface area (Å²) in [4.78, 5) is 26.2. The molecule has 118 valence electrons. The van der Waals surface area contributed by atoms with Crippen LogP contribution < -0.4 is 10.2 Å². The molecular weight excluding hydrogens is 427 g/mol. The molecule has 1 aliphatic rings. The predicted octanol–water partition coefficient (Wildman–Crippen LogP) is 3.94. The molecule has 6 heteroatoms. The van der Waals surface area contributed by atoms with Gasteiger partial charge in [-0.25, -0.2) is 0 Å². The van der Waals surface area contributed by atoms with Crippen LogP contribution in [-0.4, -0.2) is 18.4 Å². The molecule has 1 heterocycles. The van der Waals surface area contributed by atoms with Crippen LogP contribution in [0.2, 0.25) is 5.02 Å². The molecule has 2 aromatic rings. The number of nitrogens with one attached hydrogen (secondary N) is 1. The molecule has 1 fully saturated rings. The topological polar surface area (TPSA) is 49.4 Å². The highest BCUT2D eigenvalue weighted by Crippen LogP contribution is 2.27. The highest BCUT2D eigenvalue weighted by Gasteiger charge is 2.35. The molecule has 4 nitrogen and oxygen atoms in total. The second-order valence-electron chi connectivity index (χ2n) is 5.38. The summed E-state index contributed by atoms with van der Waals surface area (Å²) in [5.41, 5.74) is 1.51. The predicted molar refractivity (Wildman–Crippen MR) is 99.7 cm³/mol. The number of amides is 2. The van der Waals surface area contributed by atoms with Crippen molar-refractivity contribution in [2.45, 2.75) is 6.42 Å². The average molecular weight is 441 g/mol. The van der Waals surface area contributed by atoms with Crippen LogP contribution in [0.25, 0.3) is 0 Å². The minimum atomic E-state index is -0.350. The minimum Gasteiger partial charge on any atom is -0.326 e. The van der Waals surface area contributed by atoms with Gasteiger partial charge >= 0.3 is 0 Å². The number of benzene rings is 2. The Labute approximate surface area is 153 Å². The van der Waals surface area contributed by atoms with Crippen molar-refractivity contribution in [1.82, 2.24) is 0 Å². The summed E-state index contributed by atoms with van der Waals surface area (Å²) in [5, 5.41) is 3.49. The average Bonchev–Trinajstić information content (AvgIpc) is 2.92. The van der Waals surface area contributed by atoms with E-state index in [0.717, 1.165) is 14.9 Å². The van der Waals surface area contributed by atoms with Crippen LogP contribution in [0, 0.1) is 9.49 Å². The fourth-order valence-electron chi connectivity index (χ4n) is 2.53. The Bertz CT molecular complexity index is 731. The van der Waals surface area contributed by atoms with Crippen molar-refractivity contribution in [3.63, 3.8) is 0 Å². The zero-order valence-electron chi connectivity index (χ0n) is 12.1. The molecule has 1 unspecified atom stereocenters. The van der Waals surface area contributed by atoms with Crippen LogP contribution in [0.5, 0.6) is 0 Å². The van der Waals surface area contributed by atoms with Crippen LogP contribution in [-0.2, 0) is 9.59 Å². The van der Waals surface area contributed by atoms with Gasteiger partial charge in [0.25, 0.3) is 0 Å². The highest BCUT2D eigenvalue weighted by molar-refractivity contribution is 14.1. The van der Waals surface area contributed by atoms with E-state index in [1.54, 1.807) is 29.2 Å². The zero-order chi connectivity index (χ0) is 16.4. The first-order chi connectivity index (χ1) is 11.0. The monoisotopic (exact) mass is 440 g/mol. The Morgan fingerprint density at radius 2 is 1.78 bits per heavy atom. The minimum absolute atomic E-state index is 0.0462. The highest BCUT2D eigenvalue weighted by atomic mass is 127. The second kappa shape index (κ2) is 6.88. The fraction of sp³-hybridized carbons (Fsp3) is 0.176. The molecule has 0 radical (unpaired) electrons. The summed E-state index contributed by atoms with van der Waals surface area (Å²) in [6.45, 7) is 0.386. The molecule has 0 aliphatic carbocycles. The van der Waals surface area contributed by atoms with E-state index in [9.17, 15) is 9.59 Å². The van der Waals surface area contributed by atoms with Crippen LogP contribution in [0.1, 0.15) is 6.42 Å². The van der Waals surface area contributed by atoms with Gasteiger partial charge in [0, 0.05) is 32.9 Å². The van der Waals surface area contributed by atoms with Crippen molar-refractivity contribution < 1.29 is 9.59 Å². The molecule has 0 saturated carbocycles. The fourth-order valence-corrected chi connectivity index (χ4v) is 3.02. The maximum atomic E-state index is 12.4. The third kappa shape index (κ3) is 3.84. The second-order valence-corrected chi connectivity index (χ2v) is 7.06. The van der Waals surface area contributed by atoms with Gasteiger partial charge in [-0.2, -0.15) is 0 Å². The van der Waals surface area contributed by atoms with Gasteiger partial charge in [-0.15, -0.1) is 0 Å². The number of rotatable bonds is 3. The molecule has 1 saturated heterocycles. The van der Waals surface area contributed by atoms with Crippen LogP contribution in [0.4, 0.5) is 11.4 Å². The van der Waals surface area contributed by atoms with E-state index in [-0.39, 0.29) is 24.2 Å². The first-order valence-electron chi connectivity index (χ1n) is 7.15. The molecule has 1 N–H and O–H groups in total. The Kier molecular flexibility index (Phi) is 4.87. The van der Waals surface area contributed by atoms with Gasteiger partial charge in [0.15, 0.2) is 0 Å². The summed E-state index contributed by atoms with van der Waals surface area (Å²) in [5.74, 6) is -0.524.